The summed E-state index contributed by atoms with van der Waals surface area (Å²) in [4.78, 5) is 39.9. The first-order valence-corrected chi connectivity index (χ1v) is 10.3. The third-order valence-electron chi connectivity index (χ3n) is 6.34. The van der Waals surface area contributed by atoms with Crippen LogP contribution in [0.4, 0.5) is 4.39 Å². The molecule has 164 valence electrons. The summed E-state index contributed by atoms with van der Waals surface area (Å²) < 4.78 is 15.5. The molecule has 2 heterocycles. The number of benzene rings is 1. The van der Waals surface area contributed by atoms with Gasteiger partial charge in [-0.3, -0.25) is 24.1 Å². The lowest BCUT2D eigenvalue weighted by Crippen LogP contribution is -2.67. The van der Waals surface area contributed by atoms with E-state index in [1.54, 1.807) is 30.1 Å². The molecule has 0 unspecified atom stereocenters. The molecule has 10 heteroatoms. The van der Waals surface area contributed by atoms with Gasteiger partial charge in [-0.15, -0.1) is 0 Å². The third kappa shape index (κ3) is 3.15. The SMILES string of the molecule is CN1C(=O)c2c(O)c(=O)c(C(=O)NCc3cccc(Cl)c3F)cn2N(C)C12CCCC2. The maximum absolute atomic E-state index is 14.1. The first-order chi connectivity index (χ1) is 14.7. The van der Waals surface area contributed by atoms with Gasteiger partial charge in [0.15, 0.2) is 11.4 Å². The van der Waals surface area contributed by atoms with Gasteiger partial charge in [-0.05, 0) is 31.7 Å². The van der Waals surface area contributed by atoms with Crippen LogP contribution < -0.4 is 15.8 Å². The number of aromatic hydroxyl groups is 1. The number of hydrogen-bond acceptors (Lipinski definition) is 5. The van der Waals surface area contributed by atoms with Gasteiger partial charge in [0.25, 0.3) is 11.8 Å². The number of hydrogen-bond donors (Lipinski definition) is 2. The van der Waals surface area contributed by atoms with E-state index < -0.39 is 34.5 Å². The zero-order chi connectivity index (χ0) is 22.5. The molecule has 0 saturated heterocycles. The normalized spacial score (nSPS) is 17.2. The second kappa shape index (κ2) is 7.56. The number of nitrogens with one attached hydrogen (secondary N) is 1. The summed E-state index contributed by atoms with van der Waals surface area (Å²) in [6.07, 6.45) is 4.58. The Kier molecular flexibility index (Phi) is 5.17. The topological polar surface area (TPSA) is 94.9 Å². The van der Waals surface area contributed by atoms with Crippen molar-refractivity contribution >= 4 is 23.4 Å². The lowest BCUT2D eigenvalue weighted by Gasteiger charge is -2.51. The molecule has 1 fully saturated rings. The van der Waals surface area contributed by atoms with Crippen LogP contribution in [0, 0.1) is 5.82 Å². The second-order valence-electron chi connectivity index (χ2n) is 7.89. The molecular formula is C21H22ClFN4O4. The third-order valence-corrected chi connectivity index (χ3v) is 6.63. The van der Waals surface area contributed by atoms with E-state index in [1.165, 1.54) is 23.0 Å². The van der Waals surface area contributed by atoms with Crippen LogP contribution in [0.5, 0.6) is 5.75 Å². The van der Waals surface area contributed by atoms with Gasteiger partial charge >= 0.3 is 0 Å². The number of carbonyl (C=O) groups excluding carboxylic acids is 2. The van der Waals surface area contributed by atoms with Gasteiger partial charge in [-0.2, -0.15) is 0 Å². The van der Waals surface area contributed by atoms with Crippen molar-refractivity contribution in [3.05, 3.63) is 62.3 Å². The largest absolute Gasteiger partial charge is 0.502 e. The fourth-order valence-electron chi connectivity index (χ4n) is 4.51. The van der Waals surface area contributed by atoms with Crippen LogP contribution in [0.1, 0.15) is 52.1 Å². The molecular weight excluding hydrogens is 427 g/mol. The van der Waals surface area contributed by atoms with Gasteiger partial charge in [0.2, 0.25) is 5.43 Å². The molecule has 2 amide bonds. The molecule has 1 aromatic heterocycles. The smallest absolute Gasteiger partial charge is 0.278 e. The maximum Gasteiger partial charge on any atom is 0.278 e. The average molecular weight is 449 g/mol. The summed E-state index contributed by atoms with van der Waals surface area (Å²) in [7, 11) is 3.41. The quantitative estimate of drug-likeness (QED) is 0.750. The number of carbonyl (C=O) groups is 2. The molecule has 4 rings (SSSR count). The van der Waals surface area contributed by atoms with Crippen LogP contribution in [-0.2, 0) is 6.54 Å². The number of fused-ring (bicyclic) bond motifs is 1. The predicted molar refractivity (Wildman–Crippen MR) is 112 cm³/mol. The fraction of sp³-hybridized carbons (Fsp3) is 0.381. The predicted octanol–water partition coefficient (Wildman–Crippen LogP) is 2.20. The number of nitrogens with zero attached hydrogens (tertiary/aromatic N) is 3. The molecule has 1 aliphatic carbocycles. The minimum absolute atomic E-state index is 0.0793. The molecule has 1 saturated carbocycles. The van der Waals surface area contributed by atoms with Gasteiger partial charge < -0.3 is 15.3 Å². The number of halogens is 2. The van der Waals surface area contributed by atoms with E-state index in [2.05, 4.69) is 5.32 Å². The molecule has 1 aliphatic heterocycles. The Morgan fingerprint density at radius 3 is 2.61 bits per heavy atom. The van der Waals surface area contributed by atoms with Gasteiger partial charge in [-0.1, -0.05) is 23.7 Å². The molecule has 1 aromatic carbocycles. The van der Waals surface area contributed by atoms with Gasteiger partial charge in [-0.25, -0.2) is 4.39 Å². The van der Waals surface area contributed by atoms with E-state index in [9.17, 15) is 23.9 Å². The Hall–Kier alpha value is -3.07. The van der Waals surface area contributed by atoms with Crippen molar-refractivity contribution in [2.24, 2.45) is 0 Å². The zero-order valence-corrected chi connectivity index (χ0v) is 17.9. The number of pyridine rings is 1. The maximum atomic E-state index is 14.1. The lowest BCUT2D eigenvalue weighted by atomic mass is 10.0. The first kappa shape index (κ1) is 21.2. The van der Waals surface area contributed by atoms with E-state index >= 15 is 0 Å². The number of amides is 2. The lowest BCUT2D eigenvalue weighted by molar-refractivity contribution is 0.0404. The van der Waals surface area contributed by atoms with Crippen LogP contribution in [0.3, 0.4) is 0 Å². The minimum atomic E-state index is -0.965. The Balaban J connectivity index is 1.71. The molecule has 2 aliphatic rings. The van der Waals surface area contributed by atoms with Crippen molar-refractivity contribution in [3.8, 4) is 5.75 Å². The Labute approximate surface area is 182 Å². The van der Waals surface area contributed by atoms with Crippen molar-refractivity contribution in [3.63, 3.8) is 0 Å². The van der Waals surface area contributed by atoms with Gasteiger partial charge in [0.1, 0.15) is 17.0 Å². The summed E-state index contributed by atoms with van der Waals surface area (Å²) in [5.41, 5.74) is -1.94. The van der Waals surface area contributed by atoms with Crippen molar-refractivity contribution in [1.82, 2.24) is 14.9 Å². The molecule has 31 heavy (non-hydrogen) atoms. The van der Waals surface area contributed by atoms with E-state index in [-0.39, 0.29) is 28.4 Å². The molecule has 1 spiro atoms. The van der Waals surface area contributed by atoms with Crippen LogP contribution in [0.15, 0.2) is 29.2 Å². The minimum Gasteiger partial charge on any atom is -0.502 e. The first-order valence-electron chi connectivity index (χ1n) is 9.91. The van der Waals surface area contributed by atoms with Crippen LogP contribution in [0.25, 0.3) is 0 Å². The summed E-state index contributed by atoms with van der Waals surface area (Å²) in [5.74, 6) is -2.73. The fourth-order valence-corrected chi connectivity index (χ4v) is 4.70. The Morgan fingerprint density at radius 1 is 1.26 bits per heavy atom. The highest BCUT2D eigenvalue weighted by Crippen LogP contribution is 2.40. The van der Waals surface area contributed by atoms with Crippen molar-refractivity contribution < 1.29 is 19.1 Å². The van der Waals surface area contributed by atoms with E-state index in [0.717, 1.165) is 25.7 Å². The van der Waals surface area contributed by atoms with Crippen molar-refractivity contribution in [1.29, 1.82) is 0 Å². The van der Waals surface area contributed by atoms with Crippen molar-refractivity contribution in [2.75, 3.05) is 19.1 Å². The van der Waals surface area contributed by atoms with Crippen LogP contribution >= 0.6 is 11.6 Å². The highest BCUT2D eigenvalue weighted by Gasteiger charge is 2.49. The van der Waals surface area contributed by atoms with Gasteiger partial charge in [0, 0.05) is 32.4 Å². The Bertz CT molecular complexity index is 1140. The summed E-state index contributed by atoms with van der Waals surface area (Å²) in [6.45, 7) is -0.200. The van der Waals surface area contributed by atoms with E-state index in [0.29, 0.717) is 0 Å². The summed E-state index contributed by atoms with van der Waals surface area (Å²) in [6, 6.07) is 4.40. The highest BCUT2D eigenvalue weighted by atomic mass is 35.5. The van der Waals surface area contributed by atoms with Crippen LogP contribution in [0.2, 0.25) is 5.02 Å². The zero-order valence-electron chi connectivity index (χ0n) is 17.1. The van der Waals surface area contributed by atoms with E-state index in [4.69, 9.17) is 11.6 Å². The summed E-state index contributed by atoms with van der Waals surface area (Å²) >= 11 is 5.76. The van der Waals surface area contributed by atoms with E-state index in [1.807, 2.05) is 0 Å². The molecule has 0 atom stereocenters. The molecule has 8 nitrogen and oxygen atoms in total. The number of rotatable bonds is 3. The second-order valence-corrected chi connectivity index (χ2v) is 8.29. The Morgan fingerprint density at radius 2 is 1.94 bits per heavy atom. The molecule has 2 N–H and O–H groups in total. The standard InChI is InChI=1S/C21H22ClFN4O4/c1-25-20(31)16-18(29)17(28)13(11-27(16)26(2)21(25)8-3-4-9-21)19(30)24-10-12-6-5-7-14(22)15(12)23/h5-7,11,29H,3-4,8-10H2,1-2H3,(H,24,30). The highest BCUT2D eigenvalue weighted by molar-refractivity contribution is 6.30. The molecule has 0 bridgehead atoms. The summed E-state index contributed by atoms with van der Waals surface area (Å²) in [5, 5.41) is 14.7. The monoisotopic (exact) mass is 448 g/mol. The van der Waals surface area contributed by atoms with Gasteiger partial charge in [0.05, 0.1) is 5.02 Å². The average Bonchev–Trinajstić information content (AvgIpc) is 3.24. The van der Waals surface area contributed by atoms with Crippen molar-refractivity contribution in [2.45, 2.75) is 37.9 Å². The number of aromatic nitrogens is 1. The van der Waals surface area contributed by atoms with Crippen LogP contribution in [-0.4, -0.2) is 46.3 Å². The molecule has 2 aromatic rings. The molecule has 0 radical (unpaired) electrons.